The molecule has 0 radical (unpaired) electrons. The summed E-state index contributed by atoms with van der Waals surface area (Å²) in [5.74, 6) is 0. The number of halogens is 6. The minimum atomic E-state index is -5.90. The van der Waals surface area contributed by atoms with E-state index < -0.39 is 23.5 Å². The first kappa shape index (κ1) is 23.2. The number of fused-ring (bicyclic) bond motifs is 1. The Morgan fingerprint density at radius 1 is 0.818 bits per heavy atom. The van der Waals surface area contributed by atoms with Gasteiger partial charge in [0.25, 0.3) is 5.60 Å². The van der Waals surface area contributed by atoms with Crippen LogP contribution in [0.1, 0.15) is 23.6 Å². The van der Waals surface area contributed by atoms with Crippen molar-refractivity contribution in [3.63, 3.8) is 0 Å². The maximum absolute atomic E-state index is 13.3. The van der Waals surface area contributed by atoms with Gasteiger partial charge in [0.05, 0.1) is 0 Å². The summed E-state index contributed by atoms with van der Waals surface area (Å²) in [4.78, 5) is 1.95. The molecule has 0 saturated carbocycles. The second kappa shape index (κ2) is 8.09. The summed E-state index contributed by atoms with van der Waals surface area (Å²) in [5.41, 5.74) is -2.23. The molecule has 33 heavy (non-hydrogen) atoms. The molecule has 0 bridgehead atoms. The number of aliphatic hydroxyl groups is 1. The van der Waals surface area contributed by atoms with Gasteiger partial charge in [0.15, 0.2) is 0 Å². The highest BCUT2D eigenvalue weighted by Crippen LogP contribution is 2.51. The molecule has 4 rings (SSSR count). The molecule has 1 heterocycles. The van der Waals surface area contributed by atoms with Gasteiger partial charge in [0.2, 0.25) is 0 Å². The van der Waals surface area contributed by atoms with Crippen LogP contribution in [0, 0.1) is 0 Å². The minimum absolute atomic E-state index is 0.138. The Morgan fingerprint density at radius 2 is 1.45 bits per heavy atom. The van der Waals surface area contributed by atoms with Crippen molar-refractivity contribution in [2.24, 2.45) is 0 Å². The highest BCUT2D eigenvalue weighted by atomic mass is 19.4. The summed E-state index contributed by atoms with van der Waals surface area (Å²) in [5, 5.41) is 9.73. The monoisotopic (exact) mass is 465 g/mol. The van der Waals surface area contributed by atoms with E-state index in [9.17, 15) is 31.4 Å². The molecule has 3 aromatic rings. The third kappa shape index (κ3) is 4.08. The van der Waals surface area contributed by atoms with Crippen LogP contribution in [0.25, 0.3) is 11.1 Å². The topological polar surface area (TPSA) is 23.5 Å². The standard InChI is InChI=1S/C25H21F6NO/c1-16-12-20-14-21(23(33,24(26,27)28)25(29,30)31)10-11-22(20)32(16)15-17-6-5-9-19(13-17)18-7-3-2-4-8-18/h2-11,13-14,16,33H,12,15H2,1H3. The van der Waals surface area contributed by atoms with Crippen molar-refractivity contribution in [1.29, 1.82) is 0 Å². The fraction of sp³-hybridized carbons (Fsp3) is 0.280. The molecular weight excluding hydrogens is 444 g/mol. The van der Waals surface area contributed by atoms with E-state index in [2.05, 4.69) is 0 Å². The highest BCUT2D eigenvalue weighted by molar-refractivity contribution is 5.65. The van der Waals surface area contributed by atoms with Crippen molar-refractivity contribution < 1.29 is 31.4 Å². The zero-order valence-electron chi connectivity index (χ0n) is 17.6. The maximum Gasteiger partial charge on any atom is 0.430 e. The van der Waals surface area contributed by atoms with E-state index in [0.29, 0.717) is 23.9 Å². The summed E-state index contributed by atoms with van der Waals surface area (Å²) in [7, 11) is 0. The summed E-state index contributed by atoms with van der Waals surface area (Å²) in [6.07, 6.45) is -11.5. The van der Waals surface area contributed by atoms with Crippen LogP contribution in [0.3, 0.4) is 0 Å². The van der Waals surface area contributed by atoms with Gasteiger partial charge in [-0.05, 0) is 47.7 Å². The minimum Gasteiger partial charge on any atom is -0.369 e. The average Bonchev–Trinajstić information content (AvgIpc) is 3.06. The Kier molecular flexibility index (Phi) is 5.68. The fourth-order valence-corrected chi connectivity index (χ4v) is 4.33. The van der Waals surface area contributed by atoms with Gasteiger partial charge in [-0.15, -0.1) is 0 Å². The number of hydrogen-bond donors (Lipinski definition) is 1. The fourth-order valence-electron chi connectivity index (χ4n) is 4.33. The molecule has 1 aliphatic rings. The van der Waals surface area contributed by atoms with Crippen LogP contribution >= 0.6 is 0 Å². The summed E-state index contributed by atoms with van der Waals surface area (Å²) in [6.45, 7) is 2.30. The molecule has 1 unspecified atom stereocenters. The summed E-state index contributed by atoms with van der Waals surface area (Å²) < 4.78 is 79.7. The lowest BCUT2D eigenvalue weighted by Crippen LogP contribution is -2.53. The Morgan fingerprint density at radius 3 is 2.09 bits per heavy atom. The van der Waals surface area contributed by atoms with Gasteiger partial charge in [0.1, 0.15) is 0 Å². The smallest absolute Gasteiger partial charge is 0.369 e. The number of hydrogen-bond acceptors (Lipinski definition) is 2. The number of rotatable bonds is 4. The Balaban J connectivity index is 1.66. The Hall–Kier alpha value is -3.00. The van der Waals surface area contributed by atoms with E-state index in [1.54, 1.807) is 0 Å². The second-order valence-corrected chi connectivity index (χ2v) is 8.30. The predicted molar refractivity (Wildman–Crippen MR) is 114 cm³/mol. The van der Waals surface area contributed by atoms with Crippen molar-refractivity contribution >= 4 is 5.69 Å². The molecule has 2 nitrogen and oxygen atoms in total. The average molecular weight is 465 g/mol. The van der Waals surface area contributed by atoms with Crippen molar-refractivity contribution in [3.8, 4) is 11.1 Å². The number of anilines is 1. The number of alkyl halides is 6. The highest BCUT2D eigenvalue weighted by Gasteiger charge is 2.71. The number of nitrogens with zero attached hydrogens (tertiary/aromatic N) is 1. The predicted octanol–water partition coefficient (Wildman–Crippen LogP) is 6.62. The molecule has 3 aromatic carbocycles. The van der Waals surface area contributed by atoms with Crippen LogP contribution in [0.2, 0.25) is 0 Å². The van der Waals surface area contributed by atoms with Gasteiger partial charge in [0, 0.05) is 23.8 Å². The van der Waals surface area contributed by atoms with Gasteiger partial charge in [-0.1, -0.05) is 60.7 Å². The largest absolute Gasteiger partial charge is 0.430 e. The Labute approximate surface area is 187 Å². The third-order valence-electron chi connectivity index (χ3n) is 6.06. The van der Waals surface area contributed by atoms with E-state index in [4.69, 9.17) is 0 Å². The normalized spacial score (nSPS) is 16.7. The van der Waals surface area contributed by atoms with Crippen LogP contribution in [0.5, 0.6) is 0 Å². The van der Waals surface area contributed by atoms with Crippen LogP contribution in [-0.4, -0.2) is 23.5 Å². The molecule has 0 fully saturated rings. The van der Waals surface area contributed by atoms with Gasteiger partial charge in [-0.2, -0.15) is 26.3 Å². The molecular formula is C25H21F6NO. The van der Waals surface area contributed by atoms with Crippen molar-refractivity contribution in [1.82, 2.24) is 0 Å². The molecule has 174 valence electrons. The van der Waals surface area contributed by atoms with Crippen LogP contribution in [-0.2, 0) is 18.6 Å². The molecule has 0 aliphatic carbocycles. The first-order valence-corrected chi connectivity index (χ1v) is 10.3. The van der Waals surface area contributed by atoms with Crippen LogP contribution in [0.15, 0.2) is 72.8 Å². The van der Waals surface area contributed by atoms with Crippen molar-refractivity contribution in [2.45, 2.75) is 43.9 Å². The van der Waals surface area contributed by atoms with Gasteiger partial charge >= 0.3 is 12.4 Å². The lowest BCUT2D eigenvalue weighted by Gasteiger charge is -2.33. The second-order valence-electron chi connectivity index (χ2n) is 8.30. The molecule has 0 amide bonds. The molecule has 0 saturated heterocycles. The van der Waals surface area contributed by atoms with Crippen LogP contribution < -0.4 is 4.90 Å². The van der Waals surface area contributed by atoms with E-state index in [-0.39, 0.29) is 12.5 Å². The van der Waals surface area contributed by atoms with Crippen LogP contribution in [0.4, 0.5) is 32.0 Å². The quantitative estimate of drug-likeness (QED) is 0.438. The first-order chi connectivity index (χ1) is 15.4. The zero-order chi connectivity index (χ0) is 24.0. The van der Waals surface area contributed by atoms with E-state index in [1.807, 2.05) is 66.4 Å². The lowest BCUT2D eigenvalue weighted by atomic mass is 9.90. The molecule has 1 atom stereocenters. The summed E-state index contributed by atoms with van der Waals surface area (Å²) >= 11 is 0. The van der Waals surface area contributed by atoms with E-state index in [1.165, 1.54) is 6.07 Å². The Bertz CT molecular complexity index is 1130. The van der Waals surface area contributed by atoms with Crippen molar-refractivity contribution in [2.75, 3.05) is 4.90 Å². The zero-order valence-corrected chi connectivity index (χ0v) is 17.6. The van der Waals surface area contributed by atoms with Gasteiger partial charge in [-0.3, -0.25) is 0 Å². The molecule has 0 spiro atoms. The lowest BCUT2D eigenvalue weighted by molar-refractivity contribution is -0.376. The molecule has 0 aromatic heterocycles. The first-order valence-electron chi connectivity index (χ1n) is 10.3. The summed E-state index contributed by atoms with van der Waals surface area (Å²) in [6, 6.07) is 20.2. The van der Waals surface area contributed by atoms with Gasteiger partial charge < -0.3 is 10.0 Å². The van der Waals surface area contributed by atoms with E-state index in [0.717, 1.165) is 22.8 Å². The molecule has 8 heteroatoms. The van der Waals surface area contributed by atoms with Gasteiger partial charge in [-0.25, -0.2) is 0 Å². The SMILES string of the molecule is CC1Cc2cc(C(O)(C(F)(F)F)C(F)(F)F)ccc2N1Cc1cccc(-c2ccccc2)c1. The molecule has 1 N–H and O–H groups in total. The molecule has 1 aliphatic heterocycles. The number of benzene rings is 3. The van der Waals surface area contributed by atoms with Crippen molar-refractivity contribution in [3.05, 3.63) is 89.5 Å². The third-order valence-corrected chi connectivity index (χ3v) is 6.06. The van der Waals surface area contributed by atoms with E-state index >= 15 is 0 Å². The maximum atomic E-state index is 13.3.